The molecule has 1 aliphatic heterocycles. The van der Waals surface area contributed by atoms with Crippen molar-refractivity contribution in [2.45, 2.75) is 18.5 Å². The van der Waals surface area contributed by atoms with Gasteiger partial charge in [-0.25, -0.2) is 4.39 Å². The van der Waals surface area contributed by atoms with Crippen LogP contribution in [-0.4, -0.2) is 55.7 Å². The topological polar surface area (TPSA) is 58.6 Å². The summed E-state index contributed by atoms with van der Waals surface area (Å²) in [5, 5.41) is 4.32. The number of hydrogen-bond acceptors (Lipinski definition) is 4. The number of carbonyl (C=O) groups excluding carboxylic acids is 2. The Balaban J connectivity index is 1.99. The Kier molecular flexibility index (Phi) is 5.30. The van der Waals surface area contributed by atoms with Gasteiger partial charge < -0.3 is 15.0 Å². The van der Waals surface area contributed by atoms with E-state index in [1.54, 1.807) is 17.5 Å². The van der Waals surface area contributed by atoms with Crippen molar-refractivity contribution in [2.24, 2.45) is 0 Å². The van der Waals surface area contributed by atoms with Crippen molar-refractivity contribution in [3.8, 4) is 0 Å². The minimum Gasteiger partial charge on any atom is -0.383 e. The molecule has 0 saturated carbocycles. The van der Waals surface area contributed by atoms with E-state index in [0.717, 1.165) is 0 Å². The van der Waals surface area contributed by atoms with Gasteiger partial charge in [0.2, 0.25) is 5.67 Å². The summed E-state index contributed by atoms with van der Waals surface area (Å²) in [6.07, 6.45) is 0.616. The molecule has 0 bridgehead atoms. The summed E-state index contributed by atoms with van der Waals surface area (Å²) in [4.78, 5) is 26.2. The van der Waals surface area contributed by atoms with E-state index in [2.05, 4.69) is 5.32 Å². The number of halogens is 1. The number of ether oxygens (including phenoxy) is 1. The molecule has 0 aromatic carbocycles. The largest absolute Gasteiger partial charge is 0.383 e. The predicted molar refractivity (Wildman–Crippen MR) is 78.2 cm³/mol. The minimum atomic E-state index is -2.01. The maximum Gasteiger partial charge on any atom is 0.264 e. The highest BCUT2D eigenvalue weighted by molar-refractivity contribution is 7.12. The summed E-state index contributed by atoms with van der Waals surface area (Å²) >= 11 is 1.32. The number of nitrogens with one attached hydrogen (secondary N) is 1. The molecule has 1 atom stereocenters. The first kappa shape index (κ1) is 15.9. The summed E-state index contributed by atoms with van der Waals surface area (Å²) in [7, 11) is 1.51. The van der Waals surface area contributed by atoms with Crippen molar-refractivity contribution in [3.63, 3.8) is 0 Å². The number of piperidine rings is 1. The molecule has 2 rings (SSSR count). The van der Waals surface area contributed by atoms with E-state index in [4.69, 9.17) is 4.74 Å². The van der Waals surface area contributed by atoms with E-state index in [1.165, 1.54) is 23.3 Å². The molecule has 1 fully saturated rings. The lowest BCUT2D eigenvalue weighted by molar-refractivity contribution is -0.136. The second kappa shape index (κ2) is 7.00. The number of methoxy groups -OCH3 is 1. The number of rotatable bonds is 5. The molecule has 1 unspecified atom stereocenters. The first-order chi connectivity index (χ1) is 10.1. The number of carbonyl (C=O) groups is 2. The number of alkyl halides is 1. The van der Waals surface area contributed by atoms with Crippen molar-refractivity contribution in [1.29, 1.82) is 0 Å². The van der Waals surface area contributed by atoms with Crippen LogP contribution in [0.25, 0.3) is 0 Å². The molecular formula is C14H19FN2O3S. The lowest BCUT2D eigenvalue weighted by atomic mass is 9.93. The monoisotopic (exact) mass is 314 g/mol. The minimum absolute atomic E-state index is 0.139. The highest BCUT2D eigenvalue weighted by Gasteiger charge is 2.43. The van der Waals surface area contributed by atoms with Gasteiger partial charge in [-0.1, -0.05) is 6.07 Å². The van der Waals surface area contributed by atoms with Crippen molar-refractivity contribution in [3.05, 3.63) is 22.4 Å². The Morgan fingerprint density at radius 1 is 1.57 bits per heavy atom. The number of thiophene rings is 1. The smallest absolute Gasteiger partial charge is 0.264 e. The standard InChI is InChI=1S/C14H19FN2O3S/c1-20-8-6-16-13(19)14(15)5-3-7-17(10-14)12(18)11-4-2-9-21-11/h2,4,9H,3,5-8,10H2,1H3,(H,16,19). The van der Waals surface area contributed by atoms with Gasteiger partial charge in [-0.05, 0) is 24.3 Å². The SMILES string of the molecule is COCCNC(=O)C1(F)CCCN(C(=O)c2cccs2)C1. The molecule has 116 valence electrons. The van der Waals surface area contributed by atoms with Gasteiger partial charge in [-0.2, -0.15) is 0 Å². The molecule has 0 radical (unpaired) electrons. The molecule has 1 saturated heterocycles. The molecular weight excluding hydrogens is 295 g/mol. The molecule has 2 heterocycles. The Morgan fingerprint density at radius 2 is 2.38 bits per heavy atom. The predicted octanol–water partition coefficient (Wildman–Crippen LogP) is 1.45. The number of nitrogens with zero attached hydrogens (tertiary/aromatic N) is 1. The molecule has 2 amide bonds. The van der Waals surface area contributed by atoms with E-state index < -0.39 is 11.6 Å². The fourth-order valence-corrected chi connectivity index (χ4v) is 3.04. The maximum absolute atomic E-state index is 14.8. The van der Waals surface area contributed by atoms with E-state index in [-0.39, 0.29) is 25.4 Å². The third kappa shape index (κ3) is 3.79. The summed E-state index contributed by atoms with van der Waals surface area (Å²) in [6.45, 7) is 0.885. The average molecular weight is 314 g/mol. The third-order valence-electron chi connectivity index (χ3n) is 3.46. The van der Waals surface area contributed by atoms with Gasteiger partial charge in [0, 0.05) is 20.2 Å². The van der Waals surface area contributed by atoms with E-state index in [9.17, 15) is 14.0 Å². The zero-order chi connectivity index (χ0) is 15.3. The molecule has 5 nitrogen and oxygen atoms in total. The number of amides is 2. The van der Waals surface area contributed by atoms with Crippen LogP contribution in [0.5, 0.6) is 0 Å². The summed E-state index contributed by atoms with van der Waals surface area (Å²) < 4.78 is 19.6. The van der Waals surface area contributed by atoms with Gasteiger partial charge in [0.25, 0.3) is 11.8 Å². The van der Waals surface area contributed by atoms with Crippen LogP contribution in [0.4, 0.5) is 4.39 Å². The van der Waals surface area contributed by atoms with Crippen LogP contribution in [0.2, 0.25) is 0 Å². The number of likely N-dealkylation sites (tertiary alicyclic amines) is 1. The lowest BCUT2D eigenvalue weighted by Crippen LogP contribution is -2.55. The summed E-state index contributed by atoms with van der Waals surface area (Å²) in [5.74, 6) is -0.875. The average Bonchev–Trinajstić information content (AvgIpc) is 3.01. The van der Waals surface area contributed by atoms with Crippen LogP contribution >= 0.6 is 11.3 Å². The fourth-order valence-electron chi connectivity index (χ4n) is 2.35. The van der Waals surface area contributed by atoms with Crippen LogP contribution in [-0.2, 0) is 9.53 Å². The van der Waals surface area contributed by atoms with Gasteiger partial charge in [0.05, 0.1) is 18.0 Å². The van der Waals surface area contributed by atoms with Gasteiger partial charge in [-0.3, -0.25) is 9.59 Å². The summed E-state index contributed by atoms with van der Waals surface area (Å²) in [5.41, 5.74) is -2.01. The van der Waals surface area contributed by atoms with Crippen LogP contribution in [0.15, 0.2) is 17.5 Å². The van der Waals surface area contributed by atoms with Crippen LogP contribution < -0.4 is 5.32 Å². The maximum atomic E-state index is 14.8. The second-order valence-electron chi connectivity index (χ2n) is 5.02. The molecule has 0 aliphatic carbocycles. The van der Waals surface area contributed by atoms with Crippen molar-refractivity contribution in [1.82, 2.24) is 10.2 Å². The van der Waals surface area contributed by atoms with Gasteiger partial charge in [0.1, 0.15) is 0 Å². The third-order valence-corrected chi connectivity index (χ3v) is 4.32. The zero-order valence-corrected chi connectivity index (χ0v) is 12.7. The first-order valence-corrected chi connectivity index (χ1v) is 7.74. The highest BCUT2D eigenvalue weighted by atomic mass is 32.1. The van der Waals surface area contributed by atoms with E-state index in [1.807, 2.05) is 0 Å². The Bertz CT molecular complexity index is 494. The normalized spacial score (nSPS) is 22.1. The van der Waals surface area contributed by atoms with E-state index >= 15 is 0 Å². The highest BCUT2D eigenvalue weighted by Crippen LogP contribution is 2.27. The van der Waals surface area contributed by atoms with Crippen molar-refractivity contribution in [2.75, 3.05) is 33.4 Å². The van der Waals surface area contributed by atoms with Crippen LogP contribution in [0.3, 0.4) is 0 Å². The lowest BCUT2D eigenvalue weighted by Gasteiger charge is -2.36. The Labute approximate surface area is 127 Å². The molecule has 21 heavy (non-hydrogen) atoms. The molecule has 1 aromatic heterocycles. The van der Waals surface area contributed by atoms with Gasteiger partial charge >= 0.3 is 0 Å². The van der Waals surface area contributed by atoms with Crippen molar-refractivity contribution < 1.29 is 18.7 Å². The van der Waals surface area contributed by atoms with Crippen molar-refractivity contribution >= 4 is 23.2 Å². The molecule has 1 aromatic rings. The molecule has 1 N–H and O–H groups in total. The Morgan fingerprint density at radius 3 is 3.05 bits per heavy atom. The van der Waals surface area contributed by atoms with Crippen LogP contribution in [0.1, 0.15) is 22.5 Å². The molecule has 7 heteroatoms. The quantitative estimate of drug-likeness (QED) is 0.837. The van der Waals surface area contributed by atoms with Gasteiger partial charge in [0.15, 0.2) is 0 Å². The molecule has 1 aliphatic rings. The van der Waals surface area contributed by atoms with E-state index in [0.29, 0.717) is 24.4 Å². The first-order valence-electron chi connectivity index (χ1n) is 6.86. The Hall–Kier alpha value is -1.47. The fraction of sp³-hybridized carbons (Fsp3) is 0.571. The number of hydrogen-bond donors (Lipinski definition) is 1. The van der Waals surface area contributed by atoms with Crippen LogP contribution in [0, 0.1) is 0 Å². The molecule has 0 spiro atoms. The second-order valence-corrected chi connectivity index (χ2v) is 5.97. The summed E-state index contributed by atoms with van der Waals surface area (Å²) in [6, 6.07) is 3.49. The zero-order valence-electron chi connectivity index (χ0n) is 11.9. The van der Waals surface area contributed by atoms with Gasteiger partial charge in [-0.15, -0.1) is 11.3 Å².